The second-order valence-corrected chi connectivity index (χ2v) is 7.96. The Hall–Kier alpha value is -3.55. The lowest BCUT2D eigenvalue weighted by atomic mass is 9.96. The van der Waals surface area contributed by atoms with Gasteiger partial charge in [0, 0.05) is 42.3 Å². The van der Waals surface area contributed by atoms with Crippen molar-refractivity contribution in [2.24, 2.45) is 0 Å². The molecule has 0 saturated heterocycles. The number of aryl methyl sites for hydroxylation is 2. The summed E-state index contributed by atoms with van der Waals surface area (Å²) < 4.78 is 12.6. The number of nitrogens with zero attached hydrogens (tertiary/aromatic N) is 6. The summed E-state index contributed by atoms with van der Waals surface area (Å²) in [5.41, 5.74) is 1.62. The Labute approximate surface area is 175 Å². The van der Waals surface area contributed by atoms with Gasteiger partial charge in [-0.05, 0) is 24.3 Å². The first-order valence-electron chi connectivity index (χ1n) is 9.78. The van der Waals surface area contributed by atoms with Crippen molar-refractivity contribution in [1.29, 1.82) is 0 Å². The van der Waals surface area contributed by atoms with Gasteiger partial charge in [0.1, 0.15) is 11.6 Å². The van der Waals surface area contributed by atoms with E-state index in [-0.39, 0.29) is 5.41 Å². The van der Waals surface area contributed by atoms with E-state index in [1.807, 2.05) is 41.1 Å². The van der Waals surface area contributed by atoms with Crippen LogP contribution < -0.4 is 4.74 Å². The Morgan fingerprint density at radius 2 is 1.83 bits per heavy atom. The molecule has 0 fully saturated rings. The largest absolute Gasteiger partial charge is 0.497 e. The van der Waals surface area contributed by atoms with Gasteiger partial charge in [-0.3, -0.25) is 4.98 Å². The van der Waals surface area contributed by atoms with Crippen LogP contribution in [0.5, 0.6) is 5.75 Å². The standard InChI is InChI=1S/C22H24N6O2/c1-22(2,3)21-25-19(30-27-21)9-8-18-24-20(15-10-12-23-13-11-15)26-28(18)16-6-5-7-17(14-16)29-4/h5-7,10-14H,8-9H2,1-4H3. The topological polar surface area (TPSA) is 91.8 Å². The van der Waals surface area contributed by atoms with Crippen LogP contribution >= 0.6 is 0 Å². The maximum Gasteiger partial charge on any atom is 0.227 e. The molecular weight excluding hydrogens is 380 g/mol. The highest BCUT2D eigenvalue weighted by Crippen LogP contribution is 2.22. The number of pyridine rings is 1. The van der Waals surface area contributed by atoms with Gasteiger partial charge in [0.15, 0.2) is 11.6 Å². The summed E-state index contributed by atoms with van der Waals surface area (Å²) in [5.74, 6) is 3.47. The average molecular weight is 404 g/mol. The molecule has 4 rings (SSSR count). The number of aromatic nitrogens is 6. The highest BCUT2D eigenvalue weighted by molar-refractivity contribution is 5.54. The Kier molecular flexibility index (Phi) is 5.31. The van der Waals surface area contributed by atoms with Gasteiger partial charge >= 0.3 is 0 Å². The van der Waals surface area contributed by atoms with Crippen molar-refractivity contribution in [3.8, 4) is 22.8 Å². The fourth-order valence-electron chi connectivity index (χ4n) is 2.96. The van der Waals surface area contributed by atoms with Crippen molar-refractivity contribution in [1.82, 2.24) is 29.9 Å². The third-order valence-electron chi connectivity index (χ3n) is 4.61. The molecule has 0 saturated carbocycles. The molecule has 0 amide bonds. The number of hydrogen-bond donors (Lipinski definition) is 0. The minimum absolute atomic E-state index is 0.156. The Morgan fingerprint density at radius 1 is 1.03 bits per heavy atom. The monoisotopic (exact) mass is 404 g/mol. The second kappa shape index (κ2) is 8.06. The van der Waals surface area contributed by atoms with E-state index < -0.39 is 0 Å². The predicted octanol–water partition coefficient (Wildman–Crippen LogP) is 3.80. The van der Waals surface area contributed by atoms with Gasteiger partial charge in [-0.2, -0.15) is 4.98 Å². The Balaban J connectivity index is 1.66. The number of ether oxygens (including phenoxy) is 1. The van der Waals surface area contributed by atoms with Crippen molar-refractivity contribution < 1.29 is 9.26 Å². The van der Waals surface area contributed by atoms with E-state index in [2.05, 4.69) is 35.9 Å². The van der Waals surface area contributed by atoms with Crippen LogP contribution in [0, 0.1) is 0 Å². The molecular formula is C22H24N6O2. The van der Waals surface area contributed by atoms with Crippen molar-refractivity contribution in [3.63, 3.8) is 0 Å². The quantitative estimate of drug-likeness (QED) is 0.482. The van der Waals surface area contributed by atoms with Crippen molar-refractivity contribution in [2.45, 2.75) is 39.0 Å². The minimum atomic E-state index is -0.156. The highest BCUT2D eigenvalue weighted by Gasteiger charge is 2.21. The lowest BCUT2D eigenvalue weighted by Gasteiger charge is -2.10. The Bertz CT molecular complexity index is 1130. The van der Waals surface area contributed by atoms with Crippen LogP contribution in [0.25, 0.3) is 17.1 Å². The molecule has 0 bridgehead atoms. The molecule has 0 aliphatic rings. The van der Waals surface area contributed by atoms with Crippen molar-refractivity contribution >= 4 is 0 Å². The number of benzene rings is 1. The van der Waals surface area contributed by atoms with Crippen LogP contribution in [0.2, 0.25) is 0 Å². The highest BCUT2D eigenvalue weighted by atomic mass is 16.5. The van der Waals surface area contributed by atoms with Crippen molar-refractivity contribution in [2.75, 3.05) is 7.11 Å². The zero-order valence-corrected chi connectivity index (χ0v) is 17.5. The van der Waals surface area contributed by atoms with E-state index in [4.69, 9.17) is 19.3 Å². The van der Waals surface area contributed by atoms with Gasteiger partial charge in [0.05, 0.1) is 12.8 Å². The van der Waals surface area contributed by atoms with Crippen LogP contribution in [0.4, 0.5) is 0 Å². The van der Waals surface area contributed by atoms with Crippen LogP contribution in [0.3, 0.4) is 0 Å². The van der Waals surface area contributed by atoms with Gasteiger partial charge in [-0.25, -0.2) is 9.67 Å². The van der Waals surface area contributed by atoms with Crippen LogP contribution in [0.15, 0.2) is 53.3 Å². The van der Waals surface area contributed by atoms with E-state index in [9.17, 15) is 0 Å². The summed E-state index contributed by atoms with van der Waals surface area (Å²) in [6.07, 6.45) is 4.63. The molecule has 8 nitrogen and oxygen atoms in total. The van der Waals surface area contributed by atoms with Gasteiger partial charge in [0.25, 0.3) is 0 Å². The third kappa shape index (κ3) is 4.22. The summed E-state index contributed by atoms with van der Waals surface area (Å²) in [6, 6.07) is 11.5. The van der Waals surface area contributed by atoms with E-state index in [0.717, 1.165) is 22.8 Å². The van der Waals surface area contributed by atoms with Gasteiger partial charge in [0.2, 0.25) is 5.89 Å². The van der Waals surface area contributed by atoms with Gasteiger partial charge in [-0.1, -0.05) is 32.0 Å². The first kappa shape index (κ1) is 19.8. The third-order valence-corrected chi connectivity index (χ3v) is 4.61. The number of rotatable bonds is 6. The molecule has 0 aliphatic heterocycles. The molecule has 0 atom stereocenters. The lowest BCUT2D eigenvalue weighted by molar-refractivity contribution is 0.362. The van der Waals surface area contributed by atoms with Crippen LogP contribution in [-0.2, 0) is 18.3 Å². The summed E-state index contributed by atoms with van der Waals surface area (Å²) in [6.45, 7) is 6.17. The molecule has 3 heterocycles. The molecule has 0 spiro atoms. The van der Waals surface area contributed by atoms with E-state index in [1.165, 1.54) is 0 Å². The number of methoxy groups -OCH3 is 1. The zero-order chi connectivity index (χ0) is 21.1. The molecule has 30 heavy (non-hydrogen) atoms. The normalized spacial score (nSPS) is 11.6. The lowest BCUT2D eigenvalue weighted by Crippen LogP contribution is -2.13. The molecule has 0 N–H and O–H groups in total. The van der Waals surface area contributed by atoms with E-state index in [0.29, 0.717) is 30.4 Å². The molecule has 154 valence electrons. The molecule has 0 aliphatic carbocycles. The van der Waals surface area contributed by atoms with E-state index >= 15 is 0 Å². The van der Waals surface area contributed by atoms with Crippen LogP contribution in [-0.4, -0.2) is 37.0 Å². The molecule has 0 unspecified atom stereocenters. The summed E-state index contributed by atoms with van der Waals surface area (Å²) >= 11 is 0. The first-order valence-corrected chi connectivity index (χ1v) is 9.78. The minimum Gasteiger partial charge on any atom is -0.497 e. The second-order valence-electron chi connectivity index (χ2n) is 7.96. The summed E-state index contributed by atoms with van der Waals surface area (Å²) in [7, 11) is 1.64. The maximum atomic E-state index is 5.44. The maximum absolute atomic E-state index is 5.44. The molecule has 0 radical (unpaired) electrons. The van der Waals surface area contributed by atoms with E-state index in [1.54, 1.807) is 19.5 Å². The smallest absolute Gasteiger partial charge is 0.227 e. The Morgan fingerprint density at radius 3 is 2.53 bits per heavy atom. The molecule has 3 aromatic heterocycles. The zero-order valence-electron chi connectivity index (χ0n) is 17.5. The fraction of sp³-hybridized carbons (Fsp3) is 0.318. The molecule has 8 heteroatoms. The van der Waals surface area contributed by atoms with Gasteiger partial charge in [-0.15, -0.1) is 5.10 Å². The van der Waals surface area contributed by atoms with Crippen molar-refractivity contribution in [3.05, 3.63) is 66.3 Å². The predicted molar refractivity (Wildman–Crippen MR) is 112 cm³/mol. The average Bonchev–Trinajstić information content (AvgIpc) is 3.40. The first-order chi connectivity index (χ1) is 14.4. The molecule has 4 aromatic rings. The van der Waals surface area contributed by atoms with Crippen LogP contribution in [0.1, 0.15) is 38.3 Å². The summed E-state index contributed by atoms with van der Waals surface area (Å²) in [5, 5.41) is 8.84. The van der Waals surface area contributed by atoms with Gasteiger partial charge < -0.3 is 9.26 Å². The fourth-order valence-corrected chi connectivity index (χ4v) is 2.96. The summed E-state index contributed by atoms with van der Waals surface area (Å²) in [4.78, 5) is 13.4. The SMILES string of the molecule is COc1cccc(-n2nc(-c3ccncc3)nc2CCc2nc(C(C)(C)C)no2)c1. The molecule has 1 aromatic carbocycles. The number of hydrogen-bond acceptors (Lipinski definition) is 7.